The average molecular weight is 282 g/mol. The van der Waals surface area contributed by atoms with Gasteiger partial charge in [0.2, 0.25) is 0 Å². The molecule has 1 aromatic heterocycles. The van der Waals surface area contributed by atoms with E-state index in [2.05, 4.69) is 41.1 Å². The van der Waals surface area contributed by atoms with Gasteiger partial charge >= 0.3 is 0 Å². The average Bonchev–Trinajstić information content (AvgIpc) is 3.11. The lowest BCUT2D eigenvalue weighted by atomic mass is 9.82. The zero-order valence-corrected chi connectivity index (χ0v) is 12.5. The molecule has 3 aliphatic rings. The van der Waals surface area contributed by atoms with Gasteiger partial charge in [-0.3, -0.25) is 4.90 Å². The highest BCUT2D eigenvalue weighted by atomic mass is 16.5. The smallest absolute Gasteiger partial charge is 0.114 e. The number of hydrogen-bond acceptors (Lipinski definition) is 2. The summed E-state index contributed by atoms with van der Waals surface area (Å²) < 4.78 is 6.20. The Kier molecular flexibility index (Phi) is 2.53. The molecule has 0 radical (unpaired) electrons. The summed E-state index contributed by atoms with van der Waals surface area (Å²) in [6.45, 7) is 3.22. The van der Waals surface area contributed by atoms with Crippen molar-refractivity contribution in [3.8, 4) is 0 Å². The van der Waals surface area contributed by atoms with E-state index in [9.17, 15) is 0 Å². The second-order valence-corrected chi connectivity index (χ2v) is 6.85. The Morgan fingerprint density at radius 3 is 3.10 bits per heavy atom. The monoisotopic (exact) mass is 282 g/mol. The van der Waals surface area contributed by atoms with Crippen LogP contribution in [0.2, 0.25) is 0 Å². The Morgan fingerprint density at radius 2 is 2.19 bits per heavy atom. The number of rotatable bonds is 1. The number of fused-ring (bicyclic) bond motifs is 4. The fourth-order valence-electron chi connectivity index (χ4n) is 4.89. The minimum Gasteiger partial charge on any atom is -0.361 e. The maximum atomic E-state index is 6.20. The summed E-state index contributed by atoms with van der Waals surface area (Å²) in [5.74, 6) is 0.720. The first kappa shape index (κ1) is 12.2. The number of nitrogens with zero attached hydrogens (tertiary/aromatic N) is 1. The summed E-state index contributed by atoms with van der Waals surface area (Å²) in [5.41, 5.74) is 4.33. The van der Waals surface area contributed by atoms with Crippen LogP contribution in [-0.2, 0) is 11.2 Å². The number of para-hydroxylation sites is 1. The van der Waals surface area contributed by atoms with Crippen molar-refractivity contribution in [3.05, 3.63) is 35.5 Å². The number of aromatic nitrogens is 1. The van der Waals surface area contributed by atoms with E-state index in [-0.39, 0.29) is 0 Å². The van der Waals surface area contributed by atoms with Crippen LogP contribution in [-0.4, -0.2) is 28.8 Å². The van der Waals surface area contributed by atoms with Gasteiger partial charge in [0.1, 0.15) is 6.23 Å². The summed E-state index contributed by atoms with van der Waals surface area (Å²) >= 11 is 0. The number of H-pyrrole nitrogens is 1. The van der Waals surface area contributed by atoms with E-state index >= 15 is 0 Å². The van der Waals surface area contributed by atoms with Gasteiger partial charge in [-0.25, -0.2) is 0 Å². The molecule has 4 heterocycles. The predicted molar refractivity (Wildman–Crippen MR) is 83.1 cm³/mol. The molecule has 0 aliphatic carbocycles. The number of benzene rings is 1. The maximum Gasteiger partial charge on any atom is 0.114 e. The Bertz CT molecular complexity index is 692. The lowest BCUT2D eigenvalue weighted by Crippen LogP contribution is -2.50. The van der Waals surface area contributed by atoms with E-state index in [1.54, 1.807) is 5.56 Å². The van der Waals surface area contributed by atoms with E-state index in [1.165, 1.54) is 35.9 Å². The molecule has 4 atom stereocenters. The van der Waals surface area contributed by atoms with Crippen molar-refractivity contribution in [2.45, 2.75) is 50.9 Å². The first-order valence-corrected chi connectivity index (χ1v) is 8.35. The van der Waals surface area contributed by atoms with Crippen LogP contribution in [0.25, 0.3) is 10.9 Å². The van der Waals surface area contributed by atoms with Gasteiger partial charge < -0.3 is 9.72 Å². The van der Waals surface area contributed by atoms with Gasteiger partial charge in [0.25, 0.3) is 0 Å². The minimum absolute atomic E-state index is 0.360. The van der Waals surface area contributed by atoms with Gasteiger partial charge in [0.05, 0.1) is 12.6 Å². The van der Waals surface area contributed by atoms with Gasteiger partial charge in [-0.15, -0.1) is 0 Å². The zero-order chi connectivity index (χ0) is 14.0. The molecule has 0 amide bonds. The number of piperidine rings is 1. The molecule has 1 aromatic carbocycles. The van der Waals surface area contributed by atoms with E-state index < -0.39 is 0 Å². The minimum atomic E-state index is 0.360. The summed E-state index contributed by atoms with van der Waals surface area (Å²) in [4.78, 5) is 6.41. The SMILES string of the molecule is CC[C@@H]1CC[C@H]2c3[nH]c4ccccc4c3C[C@H]3CO[C@@H]1N32. The van der Waals surface area contributed by atoms with E-state index in [4.69, 9.17) is 4.74 Å². The fourth-order valence-corrected chi connectivity index (χ4v) is 4.89. The normalized spacial score (nSPS) is 34.9. The lowest BCUT2D eigenvalue weighted by molar-refractivity contribution is -0.0729. The van der Waals surface area contributed by atoms with Crippen LogP contribution in [0.5, 0.6) is 0 Å². The molecule has 5 rings (SSSR count). The first-order chi connectivity index (χ1) is 10.4. The summed E-state index contributed by atoms with van der Waals surface area (Å²) in [6, 6.07) is 9.90. The highest BCUT2D eigenvalue weighted by molar-refractivity contribution is 5.85. The van der Waals surface area contributed by atoms with Crippen molar-refractivity contribution >= 4 is 10.9 Å². The van der Waals surface area contributed by atoms with Gasteiger partial charge in [-0.2, -0.15) is 0 Å². The van der Waals surface area contributed by atoms with Crippen LogP contribution in [0.1, 0.15) is 43.5 Å². The van der Waals surface area contributed by atoms with E-state index in [1.807, 2.05) is 0 Å². The second kappa shape index (κ2) is 4.34. The zero-order valence-electron chi connectivity index (χ0n) is 12.5. The molecule has 0 unspecified atom stereocenters. The summed E-state index contributed by atoms with van der Waals surface area (Å²) in [7, 11) is 0. The first-order valence-electron chi connectivity index (χ1n) is 8.35. The molecule has 21 heavy (non-hydrogen) atoms. The Balaban J connectivity index is 1.65. The van der Waals surface area contributed by atoms with Crippen LogP contribution >= 0.6 is 0 Å². The van der Waals surface area contributed by atoms with Crippen LogP contribution < -0.4 is 0 Å². The molecule has 3 aliphatic heterocycles. The lowest BCUT2D eigenvalue weighted by Gasteiger charge is -2.46. The number of hydrogen-bond donors (Lipinski definition) is 1. The molecule has 3 nitrogen and oxygen atoms in total. The topological polar surface area (TPSA) is 28.3 Å². The van der Waals surface area contributed by atoms with Gasteiger partial charge in [0, 0.05) is 22.6 Å². The summed E-state index contributed by atoms with van der Waals surface area (Å²) in [5, 5.41) is 1.42. The molecule has 2 fully saturated rings. The molecule has 110 valence electrons. The third-order valence-electron chi connectivity index (χ3n) is 5.89. The molecule has 3 heteroatoms. The van der Waals surface area contributed by atoms with Crippen LogP contribution in [0.3, 0.4) is 0 Å². The van der Waals surface area contributed by atoms with Crippen molar-refractivity contribution in [3.63, 3.8) is 0 Å². The second-order valence-electron chi connectivity index (χ2n) is 6.85. The van der Waals surface area contributed by atoms with Gasteiger partial charge in [-0.05, 0) is 43.2 Å². The number of nitrogens with one attached hydrogen (secondary N) is 1. The Hall–Kier alpha value is -1.32. The third kappa shape index (κ3) is 1.56. The highest BCUT2D eigenvalue weighted by Crippen LogP contribution is 2.48. The Labute approximate surface area is 125 Å². The fraction of sp³-hybridized carbons (Fsp3) is 0.556. The predicted octanol–water partition coefficient (Wildman–Crippen LogP) is 3.61. The third-order valence-corrected chi connectivity index (χ3v) is 5.89. The van der Waals surface area contributed by atoms with Crippen LogP contribution in [0.15, 0.2) is 24.3 Å². The van der Waals surface area contributed by atoms with E-state index in [0.29, 0.717) is 18.3 Å². The molecule has 1 N–H and O–H groups in total. The van der Waals surface area contributed by atoms with E-state index in [0.717, 1.165) is 18.9 Å². The highest BCUT2D eigenvalue weighted by Gasteiger charge is 2.49. The molecule has 0 bridgehead atoms. The van der Waals surface area contributed by atoms with Crippen molar-refractivity contribution in [1.29, 1.82) is 0 Å². The molecule has 0 saturated carbocycles. The van der Waals surface area contributed by atoms with Crippen molar-refractivity contribution in [1.82, 2.24) is 9.88 Å². The largest absolute Gasteiger partial charge is 0.361 e. The van der Waals surface area contributed by atoms with Crippen LogP contribution in [0, 0.1) is 5.92 Å². The van der Waals surface area contributed by atoms with Crippen LogP contribution in [0.4, 0.5) is 0 Å². The van der Waals surface area contributed by atoms with Crippen molar-refractivity contribution in [2.24, 2.45) is 5.92 Å². The van der Waals surface area contributed by atoms with Gasteiger partial charge in [0.15, 0.2) is 0 Å². The Morgan fingerprint density at radius 1 is 1.29 bits per heavy atom. The molecular formula is C18H22N2O. The quantitative estimate of drug-likeness (QED) is 0.865. The maximum absolute atomic E-state index is 6.20. The molecule has 2 saturated heterocycles. The summed E-state index contributed by atoms with van der Waals surface area (Å²) in [6.07, 6.45) is 5.31. The van der Waals surface area contributed by atoms with Crippen molar-refractivity contribution < 1.29 is 4.74 Å². The molecule has 2 aromatic rings. The standard InChI is InChI=1S/C18H22N2O/c1-2-11-7-8-16-17-14(9-12-10-21-18(11)20(12)16)13-5-3-4-6-15(13)19-17/h3-6,11-12,16,18-19H,2,7-10H2,1H3/t11-,12+,16+,18+/m1/s1. The number of aromatic amines is 1. The van der Waals surface area contributed by atoms with Crippen molar-refractivity contribution in [2.75, 3.05) is 6.61 Å². The molecular weight excluding hydrogens is 260 g/mol. The number of ether oxygens (including phenoxy) is 1. The van der Waals surface area contributed by atoms with Gasteiger partial charge in [-0.1, -0.05) is 25.1 Å². The molecule has 0 spiro atoms.